The van der Waals surface area contributed by atoms with Crippen LogP contribution in [0.15, 0.2) is 10.7 Å². The number of rotatable bonds is 1. The zero-order chi connectivity index (χ0) is 9.64. The topological polar surface area (TPSA) is 26.0 Å². The lowest BCUT2D eigenvalue weighted by Gasteiger charge is -2.30. The van der Waals surface area contributed by atoms with Gasteiger partial charge in [-0.15, -0.1) is 0 Å². The Morgan fingerprint density at radius 1 is 1.54 bits per heavy atom. The Balaban J connectivity index is 2.41. The van der Waals surface area contributed by atoms with Gasteiger partial charge in [-0.2, -0.15) is 0 Å². The molecule has 2 nitrogen and oxygen atoms in total. The summed E-state index contributed by atoms with van der Waals surface area (Å²) in [6, 6.07) is 0. The smallest absolute Gasteiger partial charge is 0.197 e. The molecule has 1 aliphatic heterocycles. The van der Waals surface area contributed by atoms with E-state index in [-0.39, 0.29) is 5.41 Å². The molecular formula is C11H17NO. The Hall–Kier alpha value is -0.790. The number of hydrogen-bond donors (Lipinski definition) is 0. The van der Waals surface area contributed by atoms with Crippen molar-refractivity contribution in [1.29, 1.82) is 0 Å². The first-order valence-electron chi connectivity index (χ1n) is 4.96. The Morgan fingerprint density at radius 2 is 2.23 bits per heavy atom. The van der Waals surface area contributed by atoms with E-state index in [2.05, 4.69) is 32.7 Å². The van der Waals surface area contributed by atoms with Gasteiger partial charge in [-0.1, -0.05) is 27.7 Å². The molecule has 0 saturated carbocycles. The summed E-state index contributed by atoms with van der Waals surface area (Å²) in [4.78, 5) is 4.50. The van der Waals surface area contributed by atoms with Crippen LogP contribution < -0.4 is 0 Å². The lowest BCUT2D eigenvalue weighted by Crippen LogP contribution is -2.27. The van der Waals surface area contributed by atoms with Crippen LogP contribution in [0, 0.1) is 5.92 Å². The molecule has 1 aromatic heterocycles. The van der Waals surface area contributed by atoms with E-state index < -0.39 is 0 Å². The van der Waals surface area contributed by atoms with Crippen LogP contribution in [0.3, 0.4) is 0 Å². The molecule has 2 bridgehead atoms. The van der Waals surface area contributed by atoms with Crippen LogP contribution in [-0.4, -0.2) is 4.98 Å². The molecule has 13 heavy (non-hydrogen) atoms. The molecule has 0 N–H and O–H groups in total. The van der Waals surface area contributed by atoms with E-state index in [9.17, 15) is 0 Å². The third-order valence-corrected chi connectivity index (χ3v) is 3.07. The number of aromatic nitrogens is 1. The maximum absolute atomic E-state index is 5.47. The Labute approximate surface area is 79.4 Å². The number of oxazole rings is 1. The molecule has 0 aromatic carbocycles. The molecule has 1 aromatic rings. The van der Waals surface area contributed by atoms with Gasteiger partial charge in [0, 0.05) is 11.3 Å². The molecule has 2 rings (SSSR count). The van der Waals surface area contributed by atoms with Crippen LogP contribution in [0.4, 0.5) is 0 Å². The van der Waals surface area contributed by atoms with Gasteiger partial charge in [-0.25, -0.2) is 4.98 Å². The average molecular weight is 179 g/mol. The van der Waals surface area contributed by atoms with Gasteiger partial charge in [-0.05, 0) is 12.3 Å². The van der Waals surface area contributed by atoms with Crippen molar-refractivity contribution >= 4 is 0 Å². The first-order valence-corrected chi connectivity index (χ1v) is 4.96. The molecule has 2 heterocycles. The van der Waals surface area contributed by atoms with E-state index in [1.165, 1.54) is 0 Å². The summed E-state index contributed by atoms with van der Waals surface area (Å²) in [6.07, 6.45) is 2.98. The molecule has 0 radical (unpaired) electrons. The van der Waals surface area contributed by atoms with Gasteiger partial charge in [0.1, 0.15) is 6.26 Å². The fourth-order valence-corrected chi connectivity index (χ4v) is 2.03. The van der Waals surface area contributed by atoms with Crippen molar-refractivity contribution in [2.24, 2.45) is 5.92 Å². The molecule has 0 saturated heterocycles. The molecular weight excluding hydrogens is 162 g/mol. The third-order valence-electron chi connectivity index (χ3n) is 3.07. The maximum atomic E-state index is 5.47. The summed E-state index contributed by atoms with van der Waals surface area (Å²) in [5, 5.41) is 0. The van der Waals surface area contributed by atoms with Crippen molar-refractivity contribution < 1.29 is 4.42 Å². The second-order valence-corrected chi connectivity index (χ2v) is 5.01. The van der Waals surface area contributed by atoms with Crippen LogP contribution in [0.5, 0.6) is 0 Å². The van der Waals surface area contributed by atoms with Crippen molar-refractivity contribution in [1.82, 2.24) is 4.98 Å². The van der Waals surface area contributed by atoms with Crippen LogP contribution in [0.1, 0.15) is 51.6 Å². The number of fused-ring (bicyclic) bond motifs is 2. The van der Waals surface area contributed by atoms with Crippen LogP contribution in [0.2, 0.25) is 0 Å². The summed E-state index contributed by atoms with van der Waals surface area (Å²) in [7, 11) is 0. The average Bonchev–Trinajstić information content (AvgIpc) is 2.43. The second-order valence-electron chi connectivity index (χ2n) is 5.01. The minimum atomic E-state index is 0.189. The van der Waals surface area contributed by atoms with Crippen molar-refractivity contribution in [3.05, 3.63) is 17.8 Å². The van der Waals surface area contributed by atoms with E-state index in [0.717, 1.165) is 18.0 Å². The quantitative estimate of drug-likeness (QED) is 0.662. The fraction of sp³-hybridized carbons (Fsp3) is 0.727. The summed E-state index contributed by atoms with van der Waals surface area (Å²) in [5.41, 5.74) is 1.30. The number of nitrogens with zero attached hydrogens (tertiary/aromatic N) is 1. The standard InChI is InChI=1S/C11H17NO/c1-7(2)8-5-11(3,4)9-6-13-10(8)12-9/h6-8H,5H2,1-4H3. The Morgan fingerprint density at radius 3 is 2.85 bits per heavy atom. The van der Waals surface area contributed by atoms with Crippen molar-refractivity contribution in [2.45, 2.75) is 45.4 Å². The first kappa shape index (κ1) is 8.79. The normalized spacial score (nSPS) is 25.2. The monoisotopic (exact) mass is 179 g/mol. The summed E-state index contributed by atoms with van der Waals surface area (Å²) in [6.45, 7) is 8.94. The van der Waals surface area contributed by atoms with Gasteiger partial charge in [0.15, 0.2) is 5.89 Å². The summed E-state index contributed by atoms with van der Waals surface area (Å²) in [5.74, 6) is 2.05. The highest BCUT2D eigenvalue weighted by Gasteiger charge is 2.37. The van der Waals surface area contributed by atoms with Crippen molar-refractivity contribution in [3.8, 4) is 0 Å². The highest BCUT2D eigenvalue weighted by atomic mass is 16.3. The third kappa shape index (κ3) is 1.28. The minimum absolute atomic E-state index is 0.189. The van der Waals surface area contributed by atoms with E-state index in [4.69, 9.17) is 4.42 Å². The zero-order valence-electron chi connectivity index (χ0n) is 8.79. The van der Waals surface area contributed by atoms with Crippen LogP contribution >= 0.6 is 0 Å². The van der Waals surface area contributed by atoms with Crippen LogP contribution in [-0.2, 0) is 5.41 Å². The van der Waals surface area contributed by atoms with E-state index in [0.29, 0.717) is 11.8 Å². The largest absolute Gasteiger partial charge is 0.448 e. The molecule has 1 aliphatic rings. The van der Waals surface area contributed by atoms with Crippen LogP contribution in [0.25, 0.3) is 0 Å². The Bertz CT molecular complexity index is 312. The minimum Gasteiger partial charge on any atom is -0.448 e. The SMILES string of the molecule is CC(C)C1CC(C)(C)c2coc1n2. The molecule has 72 valence electrons. The van der Waals surface area contributed by atoms with Gasteiger partial charge in [0.25, 0.3) is 0 Å². The van der Waals surface area contributed by atoms with Crippen molar-refractivity contribution in [3.63, 3.8) is 0 Å². The molecule has 0 amide bonds. The van der Waals surface area contributed by atoms with Crippen molar-refractivity contribution in [2.75, 3.05) is 0 Å². The van der Waals surface area contributed by atoms with Gasteiger partial charge < -0.3 is 4.42 Å². The molecule has 1 unspecified atom stereocenters. The van der Waals surface area contributed by atoms with E-state index >= 15 is 0 Å². The predicted molar refractivity (Wildman–Crippen MR) is 51.7 cm³/mol. The van der Waals surface area contributed by atoms with E-state index in [1.54, 1.807) is 0 Å². The van der Waals surface area contributed by atoms with E-state index in [1.807, 2.05) is 6.26 Å². The molecule has 0 spiro atoms. The highest BCUT2D eigenvalue weighted by molar-refractivity contribution is 5.18. The molecule has 2 heteroatoms. The Kier molecular flexibility index (Phi) is 1.76. The highest BCUT2D eigenvalue weighted by Crippen LogP contribution is 2.42. The summed E-state index contributed by atoms with van der Waals surface area (Å²) < 4.78 is 5.47. The lowest BCUT2D eigenvalue weighted by atomic mass is 9.75. The molecule has 1 atom stereocenters. The van der Waals surface area contributed by atoms with Gasteiger partial charge >= 0.3 is 0 Å². The van der Waals surface area contributed by atoms with Gasteiger partial charge in [0.2, 0.25) is 0 Å². The lowest BCUT2D eigenvalue weighted by molar-refractivity contribution is 0.302. The van der Waals surface area contributed by atoms with Gasteiger partial charge in [-0.3, -0.25) is 0 Å². The molecule has 0 fully saturated rings. The predicted octanol–water partition coefficient (Wildman–Crippen LogP) is 3.10. The van der Waals surface area contributed by atoms with Gasteiger partial charge in [0.05, 0.1) is 5.69 Å². The second kappa shape index (κ2) is 2.60. The first-order chi connectivity index (χ1) is 6.00. The molecule has 0 aliphatic carbocycles. The maximum Gasteiger partial charge on any atom is 0.197 e. The number of hydrogen-bond acceptors (Lipinski definition) is 2. The summed E-state index contributed by atoms with van der Waals surface area (Å²) >= 11 is 0. The zero-order valence-corrected chi connectivity index (χ0v) is 8.79. The fourth-order valence-electron chi connectivity index (χ4n) is 2.03.